The number of aromatic nitrogens is 4. The van der Waals surface area contributed by atoms with Gasteiger partial charge in [-0.15, -0.1) is 18.8 Å². The van der Waals surface area contributed by atoms with Gasteiger partial charge in [-0.2, -0.15) is 18.5 Å². The molecular formula is C34H50N12O12S. The number of urea groups is 2. The summed E-state index contributed by atoms with van der Waals surface area (Å²) in [6.07, 6.45) is 0.728. The van der Waals surface area contributed by atoms with E-state index >= 15 is 0 Å². The molecule has 2 aromatic rings. The zero-order chi connectivity index (χ0) is 42.0. The molecule has 0 aliphatic carbocycles. The predicted molar refractivity (Wildman–Crippen MR) is 199 cm³/mol. The summed E-state index contributed by atoms with van der Waals surface area (Å²) in [5, 5.41) is 18.3. The highest BCUT2D eigenvalue weighted by Crippen LogP contribution is 2.41. The first-order chi connectivity index (χ1) is 27.8. The maximum Gasteiger partial charge on any atom is 0.442 e. The lowest BCUT2D eigenvalue weighted by Gasteiger charge is -2.34. The molecule has 0 aromatic carbocycles. The highest BCUT2D eigenvalue weighted by molar-refractivity contribution is 7.81. The van der Waals surface area contributed by atoms with Crippen molar-refractivity contribution in [2.75, 3.05) is 75.2 Å². The Morgan fingerprint density at radius 3 is 1.32 bits per heavy atom. The summed E-state index contributed by atoms with van der Waals surface area (Å²) >= 11 is 0. The quantitative estimate of drug-likeness (QED) is 0.370. The molecule has 0 spiro atoms. The van der Waals surface area contributed by atoms with E-state index in [0.29, 0.717) is 78.0 Å². The molecule has 6 aliphatic heterocycles. The second-order valence-electron chi connectivity index (χ2n) is 17.3. The van der Waals surface area contributed by atoms with Crippen molar-refractivity contribution in [1.29, 1.82) is 0 Å². The third-order valence-corrected chi connectivity index (χ3v) is 11.5. The number of ether oxygens (including phenoxy) is 2. The van der Waals surface area contributed by atoms with Crippen molar-refractivity contribution in [3.63, 3.8) is 0 Å². The summed E-state index contributed by atoms with van der Waals surface area (Å²) in [5.74, 6) is 0.380. The maximum absolute atomic E-state index is 13.6. The van der Waals surface area contributed by atoms with Gasteiger partial charge in [0, 0.05) is 65.4 Å². The number of anilines is 2. The number of rotatable bonds is 8. The number of hydroxylamine groups is 4. The van der Waals surface area contributed by atoms with Gasteiger partial charge in [0.1, 0.15) is 23.3 Å². The van der Waals surface area contributed by atoms with Gasteiger partial charge < -0.3 is 47.7 Å². The van der Waals surface area contributed by atoms with E-state index in [1.54, 1.807) is 9.80 Å². The second-order valence-corrected chi connectivity index (χ2v) is 18.4. The zero-order valence-corrected chi connectivity index (χ0v) is 34.7. The van der Waals surface area contributed by atoms with Gasteiger partial charge in [-0.1, -0.05) is 10.2 Å². The monoisotopic (exact) mass is 850 g/mol. The fourth-order valence-electron chi connectivity index (χ4n) is 7.98. The number of hydrogen-bond donors (Lipinski definition) is 0. The Morgan fingerprint density at radius 1 is 0.593 bits per heavy atom. The van der Waals surface area contributed by atoms with Crippen molar-refractivity contribution in [3.8, 4) is 0 Å². The first-order valence-electron chi connectivity index (χ1n) is 19.8. The molecule has 25 heteroatoms. The van der Waals surface area contributed by atoms with E-state index < -0.39 is 70.0 Å². The van der Waals surface area contributed by atoms with Crippen molar-refractivity contribution < 1.29 is 54.5 Å². The molecule has 324 valence electrons. The Bertz CT molecular complexity index is 1900. The van der Waals surface area contributed by atoms with Crippen LogP contribution in [0.2, 0.25) is 0 Å². The van der Waals surface area contributed by atoms with Crippen LogP contribution in [0, 0.1) is 0 Å². The SMILES string of the molecule is CC(C)(C)OC(=O)N1CCN(c2nnc([C@@H]3CC[C@@H]4CN3C(=O)N4OS(=O)(=O)ON3C(=O)N4C[C@H]3CC[C@H]4c3nnc(N4CCN(C(=O)OC(C)(C)C)CC4)o3)o2)CC1. The van der Waals surface area contributed by atoms with Gasteiger partial charge in [-0.3, -0.25) is 0 Å². The lowest BCUT2D eigenvalue weighted by molar-refractivity contribution is -0.0841. The largest absolute Gasteiger partial charge is 0.444 e. The Balaban J connectivity index is 0.838. The van der Waals surface area contributed by atoms with Crippen LogP contribution in [0.3, 0.4) is 0 Å². The van der Waals surface area contributed by atoms with Gasteiger partial charge in [0.25, 0.3) is 0 Å². The number of piperazine rings is 2. The van der Waals surface area contributed by atoms with Crippen molar-refractivity contribution in [2.45, 2.75) is 103 Å². The topological polar surface area (TPSA) is 243 Å². The lowest BCUT2D eigenvalue weighted by Crippen LogP contribution is -2.50. The van der Waals surface area contributed by atoms with Gasteiger partial charge >= 0.3 is 46.7 Å². The van der Waals surface area contributed by atoms with E-state index in [9.17, 15) is 27.6 Å². The molecule has 6 saturated heterocycles. The Labute approximate surface area is 340 Å². The third kappa shape index (κ3) is 8.49. The fourth-order valence-corrected chi connectivity index (χ4v) is 8.77. The van der Waals surface area contributed by atoms with Crippen LogP contribution in [-0.2, 0) is 28.4 Å². The molecule has 4 bridgehead atoms. The van der Waals surface area contributed by atoms with Crippen molar-refractivity contribution in [1.82, 2.24) is 50.1 Å². The minimum atomic E-state index is -4.95. The van der Waals surface area contributed by atoms with E-state index in [1.807, 2.05) is 51.3 Å². The molecular weight excluding hydrogens is 801 g/mol. The van der Waals surface area contributed by atoms with Gasteiger partial charge in [0.15, 0.2) is 0 Å². The molecule has 8 rings (SSSR count). The van der Waals surface area contributed by atoms with Crippen molar-refractivity contribution >= 4 is 46.7 Å². The summed E-state index contributed by atoms with van der Waals surface area (Å²) < 4.78 is 60.0. The van der Waals surface area contributed by atoms with E-state index in [2.05, 4.69) is 20.4 Å². The average molecular weight is 851 g/mol. The van der Waals surface area contributed by atoms with Crippen LogP contribution in [0.5, 0.6) is 0 Å². The normalized spacial score (nSPS) is 25.4. The minimum absolute atomic E-state index is 0.137. The number of carbonyl (C=O) groups excluding carboxylic acids is 4. The molecule has 0 saturated carbocycles. The highest BCUT2D eigenvalue weighted by atomic mass is 32.3. The van der Waals surface area contributed by atoms with Gasteiger partial charge in [0.2, 0.25) is 11.8 Å². The predicted octanol–water partition coefficient (Wildman–Crippen LogP) is 2.26. The zero-order valence-electron chi connectivity index (χ0n) is 33.9. The van der Waals surface area contributed by atoms with Crippen LogP contribution in [0.1, 0.15) is 91.1 Å². The molecule has 6 amide bonds. The molecule has 6 aliphatic rings. The number of hydrogen-bond acceptors (Lipinski definition) is 18. The molecule has 2 aromatic heterocycles. The van der Waals surface area contributed by atoms with Crippen molar-refractivity contribution in [3.05, 3.63) is 11.8 Å². The number of fused-ring (bicyclic) bond motifs is 4. The van der Waals surface area contributed by atoms with Gasteiger partial charge in [-0.05, 0) is 67.2 Å². The molecule has 59 heavy (non-hydrogen) atoms. The smallest absolute Gasteiger partial charge is 0.442 e. The van der Waals surface area contributed by atoms with E-state index in [1.165, 1.54) is 9.80 Å². The first kappa shape index (κ1) is 40.6. The van der Waals surface area contributed by atoms with Crippen LogP contribution in [0.25, 0.3) is 0 Å². The molecule has 4 atom stereocenters. The van der Waals surface area contributed by atoms with E-state index in [-0.39, 0.29) is 36.9 Å². The maximum atomic E-state index is 13.6. The summed E-state index contributed by atoms with van der Waals surface area (Å²) in [5.41, 5.74) is -1.21. The van der Waals surface area contributed by atoms with E-state index in [4.69, 9.17) is 26.9 Å². The molecule has 0 radical (unpaired) electrons. The Morgan fingerprint density at radius 2 is 0.966 bits per heavy atom. The van der Waals surface area contributed by atoms with E-state index in [0.717, 1.165) is 10.1 Å². The van der Waals surface area contributed by atoms with Crippen LogP contribution < -0.4 is 9.80 Å². The second kappa shape index (κ2) is 15.1. The van der Waals surface area contributed by atoms with Crippen LogP contribution in [0.4, 0.5) is 31.2 Å². The van der Waals surface area contributed by atoms with Crippen molar-refractivity contribution in [2.24, 2.45) is 0 Å². The molecule has 0 unspecified atom stereocenters. The number of piperidine rings is 2. The number of nitrogens with zero attached hydrogens (tertiary/aromatic N) is 12. The molecule has 0 N–H and O–H groups in total. The Kier molecular flexibility index (Phi) is 10.4. The van der Waals surface area contributed by atoms with Crippen LogP contribution >= 0.6 is 0 Å². The molecule has 8 heterocycles. The van der Waals surface area contributed by atoms with Crippen LogP contribution in [-0.4, -0.2) is 172 Å². The standard InChI is InChI=1S/C34H50N12O12S/c1-33(2,3)55-31(49)41-15-11-39(12-16-41)27-37-35-25(53-27)23-9-7-21-19-43(23)29(47)45(21)57-59(51,52)58-46-22-8-10-24(44(20-22)30(46)48)26-36-38-28(54-26)40-13-17-42(18-14-40)32(50)56-34(4,5)6/h21-24H,7-20H2,1-6H3/t21-,22-,23+,24+/m1/s1. The minimum Gasteiger partial charge on any atom is -0.444 e. The first-order valence-corrected chi connectivity index (χ1v) is 21.1. The summed E-state index contributed by atoms with van der Waals surface area (Å²) in [6.45, 7) is 14.4. The van der Waals surface area contributed by atoms with Crippen LogP contribution in [0.15, 0.2) is 8.83 Å². The molecule has 24 nitrogen and oxygen atoms in total. The molecule has 6 fully saturated rings. The summed E-state index contributed by atoms with van der Waals surface area (Å²) in [7, 11) is -4.95. The average Bonchev–Trinajstić information content (AvgIpc) is 3.96. The fraction of sp³-hybridized carbons (Fsp3) is 0.765. The summed E-state index contributed by atoms with van der Waals surface area (Å²) in [6, 6.07) is -3.46. The highest BCUT2D eigenvalue weighted by Gasteiger charge is 2.53. The Hall–Kier alpha value is -5.17. The third-order valence-electron chi connectivity index (χ3n) is 10.8. The summed E-state index contributed by atoms with van der Waals surface area (Å²) in [4.78, 5) is 61.8. The van der Waals surface area contributed by atoms with Gasteiger partial charge in [-0.25, -0.2) is 19.2 Å². The van der Waals surface area contributed by atoms with Gasteiger partial charge in [0.05, 0.1) is 12.1 Å². The lowest BCUT2D eigenvalue weighted by atomic mass is 10.0. The number of amides is 6. The number of carbonyl (C=O) groups is 4.